The number of aromatic nitrogens is 3. The fourth-order valence-corrected chi connectivity index (χ4v) is 4.03. The monoisotopic (exact) mass is 464 g/mol. The van der Waals surface area contributed by atoms with E-state index >= 15 is 0 Å². The molecule has 32 heavy (non-hydrogen) atoms. The Morgan fingerprint density at radius 3 is 2.47 bits per heavy atom. The second-order valence-corrected chi connectivity index (χ2v) is 8.40. The van der Waals surface area contributed by atoms with Gasteiger partial charge in [0.2, 0.25) is 5.91 Å². The highest BCUT2D eigenvalue weighted by Gasteiger charge is 2.19. The first kappa shape index (κ1) is 21.9. The van der Waals surface area contributed by atoms with Crippen LogP contribution in [0.5, 0.6) is 5.75 Å². The standard InChI is InChI=1S/C24H21ClN4O2S/c1-16-7-11-18(12-8-16)26-22(30)15-32-24-28-27-23(20-5-3-4-6-21(20)31-2)29(24)19-13-9-17(25)10-14-19/h3-14H,15H2,1-2H3,(H,26,30). The SMILES string of the molecule is COc1ccccc1-c1nnc(SCC(=O)Nc2ccc(C)cc2)n1-c1ccc(Cl)cc1. The maximum Gasteiger partial charge on any atom is 0.234 e. The molecular formula is C24H21ClN4O2S. The minimum atomic E-state index is -0.122. The van der Waals surface area contributed by atoms with E-state index in [9.17, 15) is 4.79 Å². The van der Waals surface area contributed by atoms with Gasteiger partial charge in [0.25, 0.3) is 0 Å². The van der Waals surface area contributed by atoms with Crippen LogP contribution in [0.2, 0.25) is 5.02 Å². The smallest absolute Gasteiger partial charge is 0.234 e. The van der Waals surface area contributed by atoms with Gasteiger partial charge in [-0.15, -0.1) is 10.2 Å². The Balaban J connectivity index is 1.63. The normalized spacial score (nSPS) is 10.7. The Labute approximate surface area is 195 Å². The number of thioether (sulfide) groups is 1. The van der Waals surface area contributed by atoms with Gasteiger partial charge in [-0.2, -0.15) is 0 Å². The minimum Gasteiger partial charge on any atom is -0.496 e. The Morgan fingerprint density at radius 2 is 1.75 bits per heavy atom. The van der Waals surface area contributed by atoms with Crippen LogP contribution in [-0.4, -0.2) is 33.5 Å². The van der Waals surface area contributed by atoms with Gasteiger partial charge in [0.15, 0.2) is 11.0 Å². The third-order valence-corrected chi connectivity index (χ3v) is 5.91. The van der Waals surface area contributed by atoms with Crippen LogP contribution in [-0.2, 0) is 4.79 Å². The first-order valence-corrected chi connectivity index (χ1v) is 11.3. The molecule has 3 aromatic carbocycles. The van der Waals surface area contributed by atoms with Gasteiger partial charge in [-0.1, -0.05) is 53.2 Å². The number of amides is 1. The summed E-state index contributed by atoms with van der Waals surface area (Å²) in [6.45, 7) is 2.00. The molecule has 0 fully saturated rings. The molecule has 162 valence electrons. The lowest BCUT2D eigenvalue weighted by atomic mass is 10.2. The van der Waals surface area contributed by atoms with Gasteiger partial charge in [-0.05, 0) is 55.5 Å². The predicted molar refractivity (Wildman–Crippen MR) is 129 cm³/mol. The molecular weight excluding hydrogens is 444 g/mol. The van der Waals surface area contributed by atoms with E-state index in [0.717, 1.165) is 22.5 Å². The number of para-hydroxylation sites is 1. The van der Waals surface area contributed by atoms with Gasteiger partial charge in [0.05, 0.1) is 18.4 Å². The summed E-state index contributed by atoms with van der Waals surface area (Å²) in [5.41, 5.74) is 3.53. The average Bonchev–Trinajstić information content (AvgIpc) is 3.23. The summed E-state index contributed by atoms with van der Waals surface area (Å²) in [4.78, 5) is 12.5. The molecule has 0 aliphatic rings. The van der Waals surface area contributed by atoms with E-state index in [1.54, 1.807) is 19.2 Å². The number of methoxy groups -OCH3 is 1. The molecule has 0 atom stereocenters. The Bertz CT molecular complexity index is 1220. The lowest BCUT2D eigenvalue weighted by Crippen LogP contribution is -2.14. The number of nitrogens with zero attached hydrogens (tertiary/aromatic N) is 3. The third-order valence-electron chi connectivity index (χ3n) is 4.73. The summed E-state index contributed by atoms with van der Waals surface area (Å²) in [5, 5.41) is 12.9. The molecule has 1 amide bonds. The molecule has 0 unspecified atom stereocenters. The number of anilines is 1. The van der Waals surface area contributed by atoms with Crippen molar-refractivity contribution in [3.8, 4) is 22.8 Å². The topological polar surface area (TPSA) is 69.0 Å². The number of carbonyl (C=O) groups is 1. The van der Waals surface area contributed by atoms with Gasteiger partial charge in [-0.25, -0.2) is 0 Å². The number of aryl methyl sites for hydroxylation is 1. The molecule has 4 rings (SSSR count). The Kier molecular flexibility index (Phi) is 6.78. The number of rotatable bonds is 7. The van der Waals surface area contributed by atoms with E-state index in [2.05, 4.69) is 15.5 Å². The highest BCUT2D eigenvalue weighted by atomic mass is 35.5. The minimum absolute atomic E-state index is 0.122. The average molecular weight is 465 g/mol. The van der Waals surface area contributed by atoms with Crippen molar-refractivity contribution in [1.29, 1.82) is 0 Å². The highest BCUT2D eigenvalue weighted by Crippen LogP contribution is 2.33. The number of hydrogen-bond donors (Lipinski definition) is 1. The predicted octanol–water partition coefficient (Wildman–Crippen LogP) is 5.64. The molecule has 6 nitrogen and oxygen atoms in total. The molecule has 0 saturated heterocycles. The van der Waals surface area contributed by atoms with Crippen molar-refractivity contribution in [2.45, 2.75) is 12.1 Å². The first-order chi connectivity index (χ1) is 15.5. The second kappa shape index (κ2) is 9.89. The maximum atomic E-state index is 12.5. The number of carbonyl (C=O) groups excluding carboxylic acids is 1. The van der Waals surface area contributed by atoms with Crippen LogP contribution in [0.3, 0.4) is 0 Å². The van der Waals surface area contributed by atoms with Crippen LogP contribution < -0.4 is 10.1 Å². The van der Waals surface area contributed by atoms with E-state index < -0.39 is 0 Å². The number of nitrogens with one attached hydrogen (secondary N) is 1. The second-order valence-electron chi connectivity index (χ2n) is 7.02. The van der Waals surface area contributed by atoms with E-state index in [-0.39, 0.29) is 11.7 Å². The van der Waals surface area contributed by atoms with Gasteiger partial charge in [0.1, 0.15) is 5.75 Å². The summed E-state index contributed by atoms with van der Waals surface area (Å²) < 4.78 is 7.42. The summed E-state index contributed by atoms with van der Waals surface area (Å²) in [6.07, 6.45) is 0. The zero-order valence-electron chi connectivity index (χ0n) is 17.6. The van der Waals surface area contributed by atoms with Crippen molar-refractivity contribution in [2.75, 3.05) is 18.2 Å². The van der Waals surface area contributed by atoms with E-state index in [1.807, 2.05) is 72.2 Å². The summed E-state index contributed by atoms with van der Waals surface area (Å²) in [7, 11) is 1.62. The van der Waals surface area contributed by atoms with Crippen molar-refractivity contribution in [1.82, 2.24) is 14.8 Å². The van der Waals surface area contributed by atoms with Crippen LogP contribution in [0.15, 0.2) is 78.0 Å². The van der Waals surface area contributed by atoms with Gasteiger partial charge in [-0.3, -0.25) is 9.36 Å². The third kappa shape index (κ3) is 4.95. The van der Waals surface area contributed by atoms with Gasteiger partial charge < -0.3 is 10.1 Å². The van der Waals surface area contributed by atoms with E-state index in [0.29, 0.717) is 21.8 Å². The quantitative estimate of drug-likeness (QED) is 0.359. The molecule has 8 heteroatoms. The van der Waals surface area contributed by atoms with Crippen molar-refractivity contribution in [3.05, 3.63) is 83.4 Å². The van der Waals surface area contributed by atoms with Crippen LogP contribution in [0.4, 0.5) is 5.69 Å². The fourth-order valence-electron chi connectivity index (χ4n) is 3.15. The Hall–Kier alpha value is -3.29. The zero-order chi connectivity index (χ0) is 22.5. The summed E-state index contributed by atoms with van der Waals surface area (Å²) in [6, 6.07) is 22.7. The molecule has 4 aromatic rings. The number of halogens is 1. The molecule has 0 aliphatic heterocycles. The Morgan fingerprint density at radius 1 is 1.03 bits per heavy atom. The lowest BCUT2D eigenvalue weighted by Gasteiger charge is -2.12. The van der Waals surface area contributed by atoms with Crippen LogP contribution in [0.25, 0.3) is 17.1 Å². The van der Waals surface area contributed by atoms with Crippen molar-refractivity contribution in [3.63, 3.8) is 0 Å². The van der Waals surface area contributed by atoms with Gasteiger partial charge in [0, 0.05) is 16.4 Å². The highest BCUT2D eigenvalue weighted by molar-refractivity contribution is 7.99. The van der Waals surface area contributed by atoms with Crippen LogP contribution in [0, 0.1) is 6.92 Å². The van der Waals surface area contributed by atoms with Crippen LogP contribution >= 0.6 is 23.4 Å². The summed E-state index contributed by atoms with van der Waals surface area (Å²) >= 11 is 7.40. The number of hydrogen-bond acceptors (Lipinski definition) is 5. The largest absolute Gasteiger partial charge is 0.496 e. The molecule has 1 aromatic heterocycles. The molecule has 0 saturated carbocycles. The van der Waals surface area contributed by atoms with Crippen molar-refractivity contribution >= 4 is 35.0 Å². The van der Waals surface area contributed by atoms with E-state index in [1.165, 1.54) is 11.8 Å². The molecule has 1 N–H and O–H groups in total. The lowest BCUT2D eigenvalue weighted by molar-refractivity contribution is -0.113. The first-order valence-electron chi connectivity index (χ1n) is 9.89. The molecule has 0 aliphatic carbocycles. The number of benzene rings is 3. The fraction of sp³-hybridized carbons (Fsp3) is 0.125. The molecule has 0 bridgehead atoms. The molecule has 1 heterocycles. The van der Waals surface area contributed by atoms with Crippen molar-refractivity contribution < 1.29 is 9.53 Å². The van der Waals surface area contributed by atoms with E-state index in [4.69, 9.17) is 16.3 Å². The maximum absolute atomic E-state index is 12.5. The molecule has 0 spiro atoms. The number of ether oxygens (including phenoxy) is 1. The van der Waals surface area contributed by atoms with Gasteiger partial charge >= 0.3 is 0 Å². The van der Waals surface area contributed by atoms with Crippen LogP contribution in [0.1, 0.15) is 5.56 Å². The zero-order valence-corrected chi connectivity index (χ0v) is 19.2. The summed E-state index contributed by atoms with van der Waals surface area (Å²) in [5.74, 6) is 1.37. The van der Waals surface area contributed by atoms with Crippen molar-refractivity contribution in [2.24, 2.45) is 0 Å². The molecule has 0 radical (unpaired) electrons.